The summed E-state index contributed by atoms with van der Waals surface area (Å²) in [5.41, 5.74) is 9.93. The molecule has 0 saturated carbocycles. The molecule has 0 spiro atoms. The van der Waals surface area contributed by atoms with Crippen molar-refractivity contribution in [3.05, 3.63) is 169 Å². The van der Waals surface area contributed by atoms with Gasteiger partial charge in [0.1, 0.15) is 5.58 Å². The summed E-state index contributed by atoms with van der Waals surface area (Å²) in [6.45, 7) is 12.6. The number of para-hydroxylation sites is 3. The first kappa shape index (κ1) is 36.3. The van der Waals surface area contributed by atoms with E-state index in [1.165, 1.54) is 11.1 Å². The number of furan rings is 1. The average molecular weight is 926 g/mol. The van der Waals surface area contributed by atoms with Crippen molar-refractivity contribution in [3.8, 4) is 39.5 Å². The van der Waals surface area contributed by atoms with Gasteiger partial charge in [-0.2, -0.15) is 0 Å². The first-order valence-corrected chi connectivity index (χ1v) is 22.2. The van der Waals surface area contributed by atoms with E-state index in [9.17, 15) is 0 Å². The third-order valence-corrected chi connectivity index (χ3v) is 11.6. The van der Waals surface area contributed by atoms with Crippen molar-refractivity contribution in [1.29, 1.82) is 0 Å². The molecule has 0 unspecified atom stereocenters. The second-order valence-corrected chi connectivity index (χ2v) is 20.9. The third kappa shape index (κ3) is 8.10. The monoisotopic (exact) mass is 926 g/mol. The maximum absolute atomic E-state index is 8.75. The van der Waals surface area contributed by atoms with E-state index in [0.29, 0.717) is 0 Å². The molecule has 56 heavy (non-hydrogen) atoms. The minimum atomic E-state index is -1.70. The van der Waals surface area contributed by atoms with Crippen LogP contribution in [0.15, 0.2) is 156 Å². The molecule has 1 radical (unpaired) electrons. The molecule has 9 aromatic rings. The number of imidazole rings is 1. The minimum absolute atomic E-state index is 0. The number of benzene rings is 6. The standard InChI is InChI=1S/C31H19N2O.C19H26NSi.Ir/c1-2-9-21(10-3-1)22-17-19-23(20-18-22)33-28-15-6-5-14-27(28)32-31(33)26-13-8-12-25-24-11-4-7-16-29(24)34-30(25)26;1-19(2,3)13-16-12-17(15-10-8-7-9-11-15)20-14-18(16)21(4,5)6;/h1-12,14-20H;7-10,12,14H,13H2,1-6H3;/q2*-1;/i;13D2;. The third-order valence-electron chi connectivity index (χ3n) is 9.56. The van der Waals surface area contributed by atoms with Gasteiger partial charge in [-0.05, 0) is 64.1 Å². The van der Waals surface area contributed by atoms with Crippen LogP contribution in [0.3, 0.4) is 0 Å². The van der Waals surface area contributed by atoms with Gasteiger partial charge in [-0.15, -0.1) is 54.1 Å². The molecular formula is C50H45IrN3OSi-2. The molecule has 3 heterocycles. The van der Waals surface area contributed by atoms with Gasteiger partial charge in [-0.25, -0.2) is 0 Å². The van der Waals surface area contributed by atoms with Crippen LogP contribution in [0.5, 0.6) is 0 Å². The van der Waals surface area contributed by atoms with Gasteiger partial charge in [0.2, 0.25) is 0 Å². The van der Waals surface area contributed by atoms with E-state index in [1.54, 1.807) is 0 Å². The molecule has 0 bridgehead atoms. The zero-order valence-corrected chi connectivity index (χ0v) is 35.9. The first-order chi connectivity index (χ1) is 27.3. The predicted octanol–water partition coefficient (Wildman–Crippen LogP) is 12.7. The summed E-state index contributed by atoms with van der Waals surface area (Å²) in [6, 6.07) is 55.7. The van der Waals surface area contributed by atoms with Crippen LogP contribution in [-0.2, 0) is 26.5 Å². The van der Waals surface area contributed by atoms with Crippen LogP contribution < -0.4 is 5.19 Å². The smallest absolute Gasteiger partial charge is 0.120 e. The number of fused-ring (bicyclic) bond motifs is 4. The molecule has 6 aromatic carbocycles. The van der Waals surface area contributed by atoms with Gasteiger partial charge < -0.3 is 14.0 Å². The van der Waals surface area contributed by atoms with Crippen LogP contribution in [0, 0.1) is 17.5 Å². The van der Waals surface area contributed by atoms with E-state index in [1.807, 2.05) is 106 Å². The van der Waals surface area contributed by atoms with Gasteiger partial charge >= 0.3 is 0 Å². The van der Waals surface area contributed by atoms with E-state index >= 15 is 0 Å². The maximum Gasteiger partial charge on any atom is 0.120 e. The Hall–Kier alpha value is -5.39. The Morgan fingerprint density at radius 3 is 2.16 bits per heavy atom. The fraction of sp³-hybridized carbons (Fsp3) is 0.160. The summed E-state index contributed by atoms with van der Waals surface area (Å²) in [7, 11) is -1.70. The minimum Gasteiger partial charge on any atom is -0.501 e. The molecule has 0 N–H and O–H groups in total. The fourth-order valence-corrected chi connectivity index (χ4v) is 8.40. The molecule has 0 saturated heterocycles. The second kappa shape index (κ2) is 16.0. The molecule has 0 fully saturated rings. The number of rotatable bonds is 6. The molecule has 9 rings (SSSR count). The summed E-state index contributed by atoms with van der Waals surface area (Å²) >= 11 is 0. The molecule has 0 aliphatic heterocycles. The van der Waals surface area contributed by atoms with E-state index in [-0.39, 0.29) is 20.1 Å². The van der Waals surface area contributed by atoms with Crippen LogP contribution in [-0.4, -0.2) is 22.6 Å². The van der Waals surface area contributed by atoms with E-state index in [0.717, 1.165) is 72.1 Å². The maximum atomic E-state index is 8.75. The Morgan fingerprint density at radius 1 is 0.732 bits per heavy atom. The summed E-state index contributed by atoms with van der Waals surface area (Å²) in [4.78, 5) is 9.64. The average Bonchev–Trinajstić information content (AvgIpc) is 3.80. The quantitative estimate of drug-likeness (QED) is 0.123. The van der Waals surface area contributed by atoms with Crippen molar-refractivity contribution in [2.75, 3.05) is 0 Å². The zero-order chi connectivity index (χ0) is 40.0. The molecule has 0 aliphatic rings. The summed E-state index contributed by atoms with van der Waals surface area (Å²) in [5.74, 6) is 0.818. The van der Waals surface area contributed by atoms with E-state index in [4.69, 9.17) is 12.1 Å². The van der Waals surface area contributed by atoms with Crippen molar-refractivity contribution in [3.63, 3.8) is 0 Å². The zero-order valence-electron chi connectivity index (χ0n) is 34.5. The molecular weight excluding hydrogens is 879 g/mol. The van der Waals surface area contributed by atoms with Crippen LogP contribution in [0.2, 0.25) is 19.6 Å². The number of aromatic nitrogens is 3. The van der Waals surface area contributed by atoms with Crippen LogP contribution in [0.25, 0.3) is 72.4 Å². The molecule has 0 aliphatic carbocycles. The summed E-state index contributed by atoms with van der Waals surface area (Å²) < 4.78 is 26.0. The van der Waals surface area contributed by atoms with E-state index in [2.05, 4.69) is 108 Å². The van der Waals surface area contributed by atoms with Gasteiger partial charge in [0.05, 0.1) is 30.5 Å². The fourth-order valence-electron chi connectivity index (χ4n) is 7.01. The predicted molar refractivity (Wildman–Crippen MR) is 233 cm³/mol. The molecule has 4 nitrogen and oxygen atoms in total. The van der Waals surface area contributed by atoms with Crippen molar-refractivity contribution >= 4 is 46.2 Å². The molecule has 3 aromatic heterocycles. The van der Waals surface area contributed by atoms with Crippen molar-refractivity contribution < 1.29 is 27.3 Å². The second-order valence-electron chi connectivity index (χ2n) is 15.9. The van der Waals surface area contributed by atoms with Crippen LogP contribution in [0.1, 0.15) is 29.1 Å². The molecule has 0 atom stereocenters. The van der Waals surface area contributed by atoms with Crippen molar-refractivity contribution in [1.82, 2.24) is 14.5 Å². The van der Waals surface area contributed by atoms with Gasteiger partial charge in [0, 0.05) is 40.1 Å². The normalized spacial score (nSPS) is 12.5. The van der Waals surface area contributed by atoms with Crippen molar-refractivity contribution in [2.45, 2.75) is 46.8 Å². The topological polar surface area (TPSA) is 43.9 Å². The largest absolute Gasteiger partial charge is 0.501 e. The summed E-state index contributed by atoms with van der Waals surface area (Å²) in [5, 5.41) is 3.27. The van der Waals surface area contributed by atoms with Crippen LogP contribution in [0.4, 0.5) is 0 Å². The van der Waals surface area contributed by atoms with Gasteiger partial charge in [-0.3, -0.25) is 4.98 Å². The Morgan fingerprint density at radius 2 is 1.43 bits per heavy atom. The Labute approximate surface area is 347 Å². The number of hydrogen-bond acceptors (Lipinski definition) is 3. The number of hydrogen-bond donors (Lipinski definition) is 0. The van der Waals surface area contributed by atoms with E-state index < -0.39 is 19.9 Å². The number of nitrogens with zero attached hydrogens (tertiary/aromatic N) is 3. The Bertz CT molecular complexity index is 2840. The van der Waals surface area contributed by atoms with Gasteiger partial charge in [0.25, 0.3) is 0 Å². The Balaban J connectivity index is 0.000000188. The molecule has 6 heteroatoms. The molecule has 281 valence electrons. The Kier molecular flexibility index (Phi) is 10.4. The number of pyridine rings is 1. The van der Waals surface area contributed by atoms with Gasteiger partial charge in [-0.1, -0.05) is 136 Å². The summed E-state index contributed by atoms with van der Waals surface area (Å²) in [6.07, 6.45) is 0.469. The molecule has 0 amide bonds. The van der Waals surface area contributed by atoms with Crippen LogP contribution >= 0.6 is 0 Å². The SMILES string of the molecule is [2H]C([2H])(c1cc(-c2[c-]cccc2)ncc1[Si](C)(C)C)C(C)(C)C.[Ir].[c-]1ccc2c(oc3ccccc32)c1-c1nc2ccccc2n1-c1ccc(-c2ccccc2)cc1. The van der Waals surface area contributed by atoms with Gasteiger partial charge in [0.15, 0.2) is 0 Å². The first-order valence-electron chi connectivity index (χ1n) is 19.7. The van der Waals surface area contributed by atoms with Crippen molar-refractivity contribution in [2.24, 2.45) is 5.41 Å².